The third-order valence-corrected chi connectivity index (χ3v) is 7.83. The van der Waals surface area contributed by atoms with Crippen LogP contribution in [0.4, 0.5) is 5.69 Å². The number of aliphatic carboxylic acids is 1. The van der Waals surface area contributed by atoms with E-state index in [2.05, 4.69) is 67.3 Å². The minimum Gasteiger partial charge on any atom is -0.477 e. The molecule has 0 amide bonds. The van der Waals surface area contributed by atoms with E-state index >= 15 is 0 Å². The third-order valence-electron chi connectivity index (χ3n) is 6.51. The molecule has 4 aromatic rings. The van der Waals surface area contributed by atoms with E-state index in [1.165, 1.54) is 63.5 Å². The Morgan fingerprint density at radius 1 is 0.865 bits per heavy atom. The summed E-state index contributed by atoms with van der Waals surface area (Å²) in [6.07, 6.45) is 6.19. The molecule has 0 aliphatic carbocycles. The number of hydrogen-bond acceptors (Lipinski definition) is 4. The van der Waals surface area contributed by atoms with Gasteiger partial charge in [-0.2, -0.15) is 5.26 Å². The summed E-state index contributed by atoms with van der Waals surface area (Å²) in [5, 5.41) is 20.6. The second kappa shape index (κ2) is 12.4. The van der Waals surface area contributed by atoms with E-state index < -0.39 is 5.97 Å². The van der Waals surface area contributed by atoms with Gasteiger partial charge in [0.1, 0.15) is 11.6 Å². The first-order chi connectivity index (χ1) is 18.0. The Balaban J connectivity index is 1.67. The van der Waals surface area contributed by atoms with Gasteiger partial charge in [0.05, 0.1) is 0 Å². The average molecular weight is 509 g/mol. The van der Waals surface area contributed by atoms with Crippen LogP contribution in [0.5, 0.6) is 0 Å². The molecule has 0 aliphatic rings. The second-order valence-electron chi connectivity index (χ2n) is 9.14. The van der Waals surface area contributed by atoms with Crippen LogP contribution in [0.15, 0.2) is 78.4 Å². The van der Waals surface area contributed by atoms with Crippen LogP contribution in [0.2, 0.25) is 0 Å². The maximum atomic E-state index is 11.2. The number of rotatable bonds is 11. The number of carbonyl (C=O) groups is 1. The number of unbranched alkanes of at least 4 members (excludes halogenated alkanes) is 2. The van der Waals surface area contributed by atoms with Crippen molar-refractivity contribution < 1.29 is 9.90 Å². The van der Waals surface area contributed by atoms with Gasteiger partial charge < -0.3 is 10.0 Å². The Morgan fingerprint density at radius 3 is 1.84 bits per heavy atom. The lowest BCUT2D eigenvalue weighted by molar-refractivity contribution is -0.132. The molecule has 0 saturated heterocycles. The molecule has 0 aliphatic heterocycles. The van der Waals surface area contributed by atoms with Crippen molar-refractivity contribution in [1.29, 1.82) is 5.26 Å². The molecule has 0 saturated carbocycles. The lowest BCUT2D eigenvalue weighted by Gasteiger charge is -2.25. The van der Waals surface area contributed by atoms with Gasteiger partial charge in [-0.25, -0.2) is 4.79 Å². The van der Waals surface area contributed by atoms with E-state index in [0.717, 1.165) is 18.7 Å². The minimum atomic E-state index is -1.22. The summed E-state index contributed by atoms with van der Waals surface area (Å²) in [4.78, 5) is 16.1. The zero-order chi connectivity index (χ0) is 26.2. The van der Waals surface area contributed by atoms with Crippen molar-refractivity contribution in [2.75, 3.05) is 18.0 Å². The number of benzene rings is 3. The van der Waals surface area contributed by atoms with E-state index in [1.54, 1.807) is 17.4 Å². The first-order valence-corrected chi connectivity index (χ1v) is 13.7. The predicted octanol–water partition coefficient (Wildman–Crippen LogP) is 8.63. The SMILES string of the molecule is CCCCN(CCCC)c1ccc(-c2sc(-c3ccc(/C=C(\C#N)C(=O)O)cc3)c3ccccc23)cc1. The molecule has 37 heavy (non-hydrogen) atoms. The number of anilines is 1. The first-order valence-electron chi connectivity index (χ1n) is 12.9. The smallest absolute Gasteiger partial charge is 0.346 e. The molecule has 1 aromatic heterocycles. The van der Waals surface area contributed by atoms with Gasteiger partial charge in [-0.05, 0) is 47.7 Å². The zero-order valence-electron chi connectivity index (χ0n) is 21.4. The van der Waals surface area contributed by atoms with Crippen LogP contribution in [0.1, 0.15) is 45.1 Å². The standard InChI is InChI=1S/C32H32N2O2S/c1-3-5-19-34(20-6-4-2)27-17-15-25(16-18-27)31-29-10-8-7-9-28(29)30(37-31)24-13-11-23(12-14-24)21-26(22-33)32(35)36/h7-18,21H,3-6,19-20H2,1-2H3,(H,35,36)/b26-21+. The topological polar surface area (TPSA) is 64.3 Å². The van der Waals surface area contributed by atoms with Gasteiger partial charge in [0.15, 0.2) is 0 Å². The van der Waals surface area contributed by atoms with Gasteiger partial charge in [0.2, 0.25) is 0 Å². The second-order valence-corrected chi connectivity index (χ2v) is 10.2. The third kappa shape index (κ3) is 6.10. The van der Waals surface area contributed by atoms with Crippen LogP contribution in [0, 0.1) is 11.3 Å². The van der Waals surface area contributed by atoms with E-state index in [4.69, 9.17) is 10.4 Å². The number of carboxylic acids is 1. The molecule has 3 aromatic carbocycles. The van der Waals surface area contributed by atoms with Gasteiger partial charge in [-0.1, -0.05) is 87.4 Å². The number of nitriles is 1. The molecule has 5 heteroatoms. The highest BCUT2D eigenvalue weighted by Gasteiger charge is 2.15. The average Bonchev–Trinajstić information content (AvgIpc) is 3.32. The highest BCUT2D eigenvalue weighted by molar-refractivity contribution is 7.21. The summed E-state index contributed by atoms with van der Waals surface area (Å²) in [5.41, 5.74) is 3.98. The van der Waals surface area contributed by atoms with Crippen molar-refractivity contribution in [3.8, 4) is 27.0 Å². The fourth-order valence-electron chi connectivity index (χ4n) is 4.45. The maximum Gasteiger partial charge on any atom is 0.346 e. The molecule has 0 unspecified atom stereocenters. The number of thiophene rings is 1. The fraction of sp³-hybridized carbons (Fsp3) is 0.250. The number of hydrogen-bond donors (Lipinski definition) is 1. The lowest BCUT2D eigenvalue weighted by Crippen LogP contribution is -2.25. The molecule has 1 heterocycles. The molecule has 4 nitrogen and oxygen atoms in total. The van der Waals surface area contributed by atoms with Crippen molar-refractivity contribution in [3.05, 3.63) is 83.9 Å². The molecular formula is C32H32N2O2S. The van der Waals surface area contributed by atoms with E-state index in [0.29, 0.717) is 5.56 Å². The largest absolute Gasteiger partial charge is 0.477 e. The Labute approximate surface area is 223 Å². The molecular weight excluding hydrogens is 476 g/mol. The van der Waals surface area contributed by atoms with Crippen LogP contribution in [-0.2, 0) is 4.79 Å². The summed E-state index contributed by atoms with van der Waals surface area (Å²) in [7, 11) is 0. The monoisotopic (exact) mass is 508 g/mol. The number of carboxylic acid groups (broad SMARTS) is 1. The Hall–Kier alpha value is -3.88. The van der Waals surface area contributed by atoms with Crippen molar-refractivity contribution in [3.63, 3.8) is 0 Å². The van der Waals surface area contributed by atoms with Crippen molar-refractivity contribution >= 4 is 39.8 Å². The molecule has 0 atom stereocenters. The summed E-state index contributed by atoms with van der Waals surface area (Å²) in [6, 6.07) is 26.9. The predicted molar refractivity (Wildman–Crippen MR) is 156 cm³/mol. The molecule has 0 radical (unpaired) electrons. The minimum absolute atomic E-state index is 0.275. The van der Waals surface area contributed by atoms with Gasteiger partial charge in [0, 0.05) is 39.3 Å². The first kappa shape index (κ1) is 26.2. The number of fused-ring (bicyclic) bond motifs is 1. The Bertz CT molecular complexity index is 1420. The molecule has 0 fully saturated rings. The van der Waals surface area contributed by atoms with E-state index in [9.17, 15) is 4.79 Å². The Kier molecular flexibility index (Phi) is 8.77. The fourth-order valence-corrected chi connectivity index (χ4v) is 5.74. The summed E-state index contributed by atoms with van der Waals surface area (Å²) >= 11 is 1.77. The van der Waals surface area contributed by atoms with Crippen molar-refractivity contribution in [2.45, 2.75) is 39.5 Å². The highest BCUT2D eigenvalue weighted by atomic mass is 32.1. The molecule has 0 spiro atoms. The molecule has 4 rings (SSSR count). The van der Waals surface area contributed by atoms with Gasteiger partial charge in [0.25, 0.3) is 0 Å². The highest BCUT2D eigenvalue weighted by Crippen LogP contribution is 2.44. The van der Waals surface area contributed by atoms with E-state index in [1.807, 2.05) is 24.3 Å². The van der Waals surface area contributed by atoms with Gasteiger partial charge in [-0.15, -0.1) is 11.3 Å². The van der Waals surface area contributed by atoms with E-state index in [-0.39, 0.29) is 5.57 Å². The van der Waals surface area contributed by atoms with Crippen LogP contribution in [0.3, 0.4) is 0 Å². The Morgan fingerprint density at radius 2 is 1.38 bits per heavy atom. The molecule has 188 valence electrons. The molecule has 1 N–H and O–H groups in total. The zero-order valence-corrected chi connectivity index (χ0v) is 22.2. The van der Waals surface area contributed by atoms with Gasteiger partial charge >= 0.3 is 5.97 Å². The van der Waals surface area contributed by atoms with Crippen molar-refractivity contribution in [2.24, 2.45) is 0 Å². The van der Waals surface area contributed by atoms with Crippen LogP contribution < -0.4 is 4.90 Å². The lowest BCUT2D eigenvalue weighted by atomic mass is 10.0. The molecule has 0 bridgehead atoms. The normalized spacial score (nSPS) is 11.4. The van der Waals surface area contributed by atoms with Crippen LogP contribution in [-0.4, -0.2) is 24.2 Å². The summed E-state index contributed by atoms with van der Waals surface area (Å²) < 4.78 is 0. The van der Waals surface area contributed by atoms with Crippen LogP contribution >= 0.6 is 11.3 Å². The van der Waals surface area contributed by atoms with Gasteiger partial charge in [-0.3, -0.25) is 0 Å². The summed E-state index contributed by atoms with van der Waals surface area (Å²) in [6.45, 7) is 6.67. The van der Waals surface area contributed by atoms with Crippen molar-refractivity contribution in [1.82, 2.24) is 0 Å². The quantitative estimate of drug-likeness (QED) is 0.163. The number of nitrogens with zero attached hydrogens (tertiary/aromatic N) is 2. The maximum absolute atomic E-state index is 11.2. The summed E-state index contributed by atoms with van der Waals surface area (Å²) in [5.74, 6) is -1.22. The van der Waals surface area contributed by atoms with Crippen LogP contribution in [0.25, 0.3) is 37.7 Å².